The third kappa shape index (κ3) is 5.88. The highest BCUT2D eigenvalue weighted by molar-refractivity contribution is 6.09. The average Bonchev–Trinajstić information content (AvgIpc) is 2.70. The van der Waals surface area contributed by atoms with Gasteiger partial charge in [-0.15, -0.1) is 0 Å². The second kappa shape index (κ2) is 10.2. The van der Waals surface area contributed by atoms with E-state index < -0.39 is 41.8 Å². The van der Waals surface area contributed by atoms with Gasteiger partial charge in [0.2, 0.25) is 5.91 Å². The minimum Gasteiger partial charge on any atom is -0.394 e. The number of primary amides is 1. The maximum Gasteiger partial charge on any atom is 0.242 e. The van der Waals surface area contributed by atoms with E-state index in [1.165, 1.54) is 19.1 Å². The van der Waals surface area contributed by atoms with E-state index in [0.717, 1.165) is 12.3 Å². The highest BCUT2D eigenvalue weighted by atomic mass is 19.1. The number of nitrogens with zero attached hydrogens (tertiary/aromatic N) is 2. The molecule has 1 aromatic carbocycles. The highest BCUT2D eigenvalue weighted by Gasteiger charge is 2.18. The van der Waals surface area contributed by atoms with Gasteiger partial charge < -0.3 is 21.5 Å². The summed E-state index contributed by atoms with van der Waals surface area (Å²) < 4.78 is 27.7. The minimum absolute atomic E-state index is 0.000755. The number of hydrogen-bond acceptors (Lipinski definition) is 8. The number of aliphatic hydroxyl groups excluding tert-OH is 1. The summed E-state index contributed by atoms with van der Waals surface area (Å²) in [6.45, 7) is 0.559. The van der Waals surface area contributed by atoms with Crippen molar-refractivity contribution in [1.82, 2.24) is 15.3 Å². The molecule has 9 nitrogen and oxygen atoms in total. The minimum atomic E-state index is -1.29. The molecule has 0 aliphatic carbocycles. The maximum absolute atomic E-state index is 13.9. The molecule has 0 aliphatic heterocycles. The number of aromatic nitrogens is 2. The Labute approximate surface area is 170 Å². The quantitative estimate of drug-likeness (QED) is 0.280. The lowest BCUT2D eigenvalue weighted by Crippen LogP contribution is -2.39. The van der Waals surface area contributed by atoms with Gasteiger partial charge in [-0.2, -0.15) is 0 Å². The number of allylic oxidation sites excluding steroid dienone is 2. The summed E-state index contributed by atoms with van der Waals surface area (Å²) in [5.41, 5.74) is 5.06. The molecule has 2 rings (SSSR count). The fraction of sp³-hybridized carbons (Fsp3) is 0.211. The average molecular weight is 418 g/mol. The molecule has 0 fully saturated rings. The zero-order valence-corrected chi connectivity index (χ0v) is 15.9. The molecule has 0 radical (unpaired) electrons. The Kier molecular flexibility index (Phi) is 7.64. The molecule has 1 aromatic heterocycles. The van der Waals surface area contributed by atoms with Crippen LogP contribution in [0.5, 0.6) is 0 Å². The number of Topliss-reactive ketones (excluding diaryl/α,β-unsaturated/α-hetero) is 1. The monoisotopic (exact) mass is 418 g/mol. The number of anilines is 1. The summed E-state index contributed by atoms with van der Waals surface area (Å²) in [7, 11) is 0. The normalized spacial score (nSPS) is 12.2. The summed E-state index contributed by atoms with van der Waals surface area (Å²) >= 11 is 0. The van der Waals surface area contributed by atoms with E-state index in [1.54, 1.807) is 12.1 Å². The third-order valence-corrected chi connectivity index (χ3v) is 3.92. The first-order valence-electron chi connectivity index (χ1n) is 8.71. The number of hydrogen-bond donors (Lipinski definition) is 5. The van der Waals surface area contributed by atoms with Crippen LogP contribution in [0.25, 0.3) is 0 Å². The predicted octanol–water partition coefficient (Wildman–Crippen LogP) is 0.643. The van der Waals surface area contributed by atoms with Crippen LogP contribution >= 0.6 is 0 Å². The van der Waals surface area contributed by atoms with E-state index in [-0.39, 0.29) is 23.8 Å². The first-order valence-corrected chi connectivity index (χ1v) is 8.71. The number of ketones is 1. The second-order valence-corrected chi connectivity index (χ2v) is 6.14. The highest BCUT2D eigenvalue weighted by Crippen LogP contribution is 2.12. The number of nitrogens with one attached hydrogen (secondary N) is 3. The van der Waals surface area contributed by atoms with Gasteiger partial charge >= 0.3 is 0 Å². The molecule has 2 aromatic rings. The molecular weight excluding hydrogens is 398 g/mol. The molecule has 30 heavy (non-hydrogen) atoms. The fourth-order valence-corrected chi connectivity index (χ4v) is 2.29. The maximum atomic E-state index is 13.9. The lowest BCUT2D eigenvalue weighted by Gasteiger charge is -2.14. The van der Waals surface area contributed by atoms with Crippen LogP contribution < -0.4 is 16.4 Å². The molecule has 1 heterocycles. The number of amides is 1. The standard InChI is InChI=1S/C19H20F2N6O3/c1-10(29)15(24-7-11-4-2-3-5-12(11)20)6-14(22)19-25-8-13(21)18(27-19)26-16(9-28)17(23)30/h2-6,8,16,22,24,28H,7,9H2,1H3,(H2,23,30)(H,25,26,27)/b15-6-,22-14?. The molecule has 1 amide bonds. The summed E-state index contributed by atoms with van der Waals surface area (Å²) in [6.07, 6.45) is 1.89. The van der Waals surface area contributed by atoms with Gasteiger partial charge in [0.05, 0.1) is 18.5 Å². The van der Waals surface area contributed by atoms with E-state index in [0.29, 0.717) is 5.56 Å². The first-order chi connectivity index (χ1) is 14.2. The predicted molar refractivity (Wildman–Crippen MR) is 105 cm³/mol. The van der Waals surface area contributed by atoms with Crippen molar-refractivity contribution in [3.8, 4) is 0 Å². The summed E-state index contributed by atoms with van der Waals surface area (Å²) in [5, 5.41) is 22.3. The summed E-state index contributed by atoms with van der Waals surface area (Å²) in [4.78, 5) is 30.6. The second-order valence-electron chi connectivity index (χ2n) is 6.14. The molecule has 0 bridgehead atoms. The van der Waals surface area contributed by atoms with Crippen LogP contribution in [-0.2, 0) is 16.1 Å². The molecule has 1 unspecified atom stereocenters. The number of nitrogens with two attached hydrogens (primary N) is 1. The number of rotatable bonds is 10. The molecule has 11 heteroatoms. The van der Waals surface area contributed by atoms with Gasteiger partial charge in [0.15, 0.2) is 23.2 Å². The molecule has 0 saturated heterocycles. The zero-order chi connectivity index (χ0) is 22.3. The molecule has 1 atom stereocenters. The Morgan fingerprint density at radius 1 is 1.30 bits per heavy atom. The Balaban J connectivity index is 2.23. The Bertz CT molecular complexity index is 996. The lowest BCUT2D eigenvalue weighted by molar-refractivity contribution is -0.119. The lowest BCUT2D eigenvalue weighted by atomic mass is 10.2. The SMILES string of the molecule is CC(=O)/C(=C/C(=N)c1ncc(F)c(NC(CO)C(N)=O)n1)NCc1ccccc1F. The molecule has 0 aliphatic rings. The van der Waals surface area contributed by atoms with Gasteiger partial charge in [-0.3, -0.25) is 15.0 Å². The summed E-state index contributed by atoms with van der Waals surface area (Å²) in [5.74, 6) is -3.44. The fourth-order valence-electron chi connectivity index (χ4n) is 2.29. The van der Waals surface area contributed by atoms with Crippen LogP contribution in [0.15, 0.2) is 42.2 Å². The van der Waals surface area contributed by atoms with Crippen LogP contribution in [0.3, 0.4) is 0 Å². The van der Waals surface area contributed by atoms with Crippen molar-refractivity contribution in [2.45, 2.75) is 19.5 Å². The van der Waals surface area contributed by atoms with Gasteiger partial charge in [-0.25, -0.2) is 18.7 Å². The Hall–Kier alpha value is -3.73. The van der Waals surface area contributed by atoms with E-state index in [4.69, 9.17) is 16.2 Å². The summed E-state index contributed by atoms with van der Waals surface area (Å²) in [6, 6.07) is 4.72. The Morgan fingerprint density at radius 2 is 2.00 bits per heavy atom. The first kappa shape index (κ1) is 22.6. The number of carbonyl (C=O) groups is 2. The molecule has 0 saturated carbocycles. The molecule has 6 N–H and O–H groups in total. The van der Waals surface area contributed by atoms with E-state index in [1.807, 2.05) is 0 Å². The number of aliphatic hydroxyl groups is 1. The molecule has 0 spiro atoms. The van der Waals surface area contributed by atoms with E-state index >= 15 is 0 Å². The smallest absolute Gasteiger partial charge is 0.242 e. The van der Waals surface area contributed by atoms with Gasteiger partial charge in [0.25, 0.3) is 0 Å². The van der Waals surface area contributed by atoms with Crippen LogP contribution in [0.1, 0.15) is 18.3 Å². The van der Waals surface area contributed by atoms with Crippen LogP contribution in [0, 0.1) is 17.0 Å². The van der Waals surface area contributed by atoms with Crippen molar-refractivity contribution in [3.63, 3.8) is 0 Å². The number of carbonyl (C=O) groups excluding carboxylic acids is 2. The van der Waals surface area contributed by atoms with E-state index in [9.17, 15) is 18.4 Å². The van der Waals surface area contributed by atoms with Crippen LogP contribution in [0.4, 0.5) is 14.6 Å². The van der Waals surface area contributed by atoms with Gasteiger partial charge in [-0.05, 0) is 12.1 Å². The van der Waals surface area contributed by atoms with Crippen LogP contribution in [0.2, 0.25) is 0 Å². The van der Waals surface area contributed by atoms with Crippen molar-refractivity contribution in [2.75, 3.05) is 11.9 Å². The van der Waals surface area contributed by atoms with Gasteiger partial charge in [0.1, 0.15) is 17.6 Å². The zero-order valence-electron chi connectivity index (χ0n) is 15.9. The van der Waals surface area contributed by atoms with Gasteiger partial charge in [0, 0.05) is 19.0 Å². The number of halogens is 2. The van der Waals surface area contributed by atoms with Crippen molar-refractivity contribution in [1.29, 1.82) is 5.41 Å². The largest absolute Gasteiger partial charge is 0.394 e. The van der Waals surface area contributed by atoms with Crippen molar-refractivity contribution < 1.29 is 23.5 Å². The molecule has 158 valence electrons. The molecular formula is C19H20F2N6O3. The van der Waals surface area contributed by atoms with E-state index in [2.05, 4.69) is 20.6 Å². The van der Waals surface area contributed by atoms with Gasteiger partial charge in [-0.1, -0.05) is 18.2 Å². The van der Waals surface area contributed by atoms with Crippen molar-refractivity contribution in [2.24, 2.45) is 5.73 Å². The number of benzene rings is 1. The topological polar surface area (TPSA) is 154 Å². The van der Waals surface area contributed by atoms with Crippen molar-refractivity contribution >= 4 is 23.2 Å². The Morgan fingerprint density at radius 3 is 2.60 bits per heavy atom. The third-order valence-electron chi connectivity index (χ3n) is 3.92. The van der Waals surface area contributed by atoms with Crippen molar-refractivity contribution in [3.05, 3.63) is 65.3 Å². The van der Waals surface area contributed by atoms with Crippen LogP contribution in [-0.4, -0.2) is 45.1 Å².